The normalized spacial score (nSPS) is 19.0. The lowest BCUT2D eigenvalue weighted by Crippen LogP contribution is -2.51. The summed E-state index contributed by atoms with van der Waals surface area (Å²) < 4.78 is 27.7. The van der Waals surface area contributed by atoms with Crippen LogP contribution in [0.3, 0.4) is 0 Å². The molecule has 27 heavy (non-hydrogen) atoms. The van der Waals surface area contributed by atoms with Crippen LogP contribution < -0.4 is 4.72 Å². The predicted molar refractivity (Wildman–Crippen MR) is 102 cm³/mol. The Bertz CT molecular complexity index is 728. The van der Waals surface area contributed by atoms with E-state index in [1.54, 1.807) is 34.9 Å². The lowest BCUT2D eigenvalue weighted by Gasteiger charge is -2.34. The van der Waals surface area contributed by atoms with Gasteiger partial charge < -0.3 is 14.5 Å². The van der Waals surface area contributed by atoms with Gasteiger partial charge in [-0.2, -0.15) is 0 Å². The van der Waals surface area contributed by atoms with E-state index >= 15 is 0 Å². The fourth-order valence-electron chi connectivity index (χ4n) is 3.50. The third-order valence-electron chi connectivity index (χ3n) is 5.07. The second-order valence-electron chi connectivity index (χ2n) is 6.95. The number of benzene rings is 1. The van der Waals surface area contributed by atoms with Crippen molar-refractivity contribution in [2.24, 2.45) is 0 Å². The van der Waals surface area contributed by atoms with Crippen LogP contribution in [-0.2, 0) is 16.0 Å². The molecule has 2 amide bonds. The maximum atomic E-state index is 12.7. The van der Waals surface area contributed by atoms with E-state index in [4.69, 9.17) is 9.29 Å². The van der Waals surface area contributed by atoms with Crippen LogP contribution in [0.15, 0.2) is 18.2 Å². The Balaban J connectivity index is 1.54. The fourth-order valence-corrected chi connectivity index (χ4v) is 3.92. The number of amides is 2. The molecule has 8 nitrogen and oxygen atoms in total. The molecule has 1 saturated heterocycles. The molecule has 9 heteroatoms. The number of hydrogen-bond donors (Lipinski definition) is 2. The van der Waals surface area contributed by atoms with Gasteiger partial charge in [0.05, 0.1) is 5.69 Å². The molecule has 0 spiro atoms. The van der Waals surface area contributed by atoms with Crippen molar-refractivity contribution < 1.29 is 23.1 Å². The number of anilines is 1. The van der Waals surface area contributed by atoms with E-state index in [1.807, 2.05) is 0 Å². The van der Waals surface area contributed by atoms with Gasteiger partial charge in [-0.1, -0.05) is 0 Å². The molecule has 1 aromatic rings. The Morgan fingerprint density at radius 2 is 1.78 bits per heavy atom. The Hall–Kier alpha value is -2.13. The van der Waals surface area contributed by atoms with Gasteiger partial charge in [-0.15, -0.1) is 0 Å². The van der Waals surface area contributed by atoms with Crippen molar-refractivity contribution in [3.05, 3.63) is 29.3 Å². The van der Waals surface area contributed by atoms with Gasteiger partial charge in [0.15, 0.2) is 0 Å². The number of carbonyl (C=O) groups excluding carboxylic acids is 2. The highest BCUT2D eigenvalue weighted by Gasteiger charge is 2.28. The summed E-state index contributed by atoms with van der Waals surface area (Å²) in [5.74, 6) is -0.112. The molecule has 148 valence electrons. The lowest BCUT2D eigenvalue weighted by atomic mass is 10.1. The van der Waals surface area contributed by atoms with Gasteiger partial charge in [0, 0.05) is 31.7 Å². The first-order valence-corrected chi connectivity index (χ1v) is 10.3. The minimum atomic E-state index is -2.15. The zero-order valence-corrected chi connectivity index (χ0v) is 16.2. The number of piperazine rings is 1. The van der Waals surface area contributed by atoms with Gasteiger partial charge in [0.2, 0.25) is 0 Å². The molecular formula is C18H25N3O5S. The zero-order chi connectivity index (χ0) is 19.4. The molecule has 0 radical (unpaired) electrons. The highest BCUT2D eigenvalue weighted by atomic mass is 32.2. The van der Waals surface area contributed by atoms with Gasteiger partial charge >= 0.3 is 6.09 Å². The van der Waals surface area contributed by atoms with Crippen LogP contribution in [-0.4, -0.2) is 62.8 Å². The molecular weight excluding hydrogens is 370 g/mol. The van der Waals surface area contributed by atoms with Crippen molar-refractivity contribution in [2.45, 2.75) is 38.7 Å². The SMILES string of the molecule is Cc1cc(C(=O)N2CCN(C(=O)OC3CCCC3)CC2)ccc1NS(=O)O. The summed E-state index contributed by atoms with van der Waals surface area (Å²) >= 11 is -2.15. The smallest absolute Gasteiger partial charge is 0.410 e. The van der Waals surface area contributed by atoms with Crippen LogP contribution >= 0.6 is 0 Å². The molecule has 1 aliphatic heterocycles. The van der Waals surface area contributed by atoms with Crippen LogP contribution in [0.25, 0.3) is 0 Å². The summed E-state index contributed by atoms with van der Waals surface area (Å²) in [6.07, 6.45) is 3.87. The van der Waals surface area contributed by atoms with Crippen LogP contribution in [0.4, 0.5) is 10.5 Å². The minimum absolute atomic E-state index is 0.0421. The van der Waals surface area contributed by atoms with Gasteiger partial charge in [0.25, 0.3) is 17.2 Å². The Morgan fingerprint density at radius 1 is 1.15 bits per heavy atom. The van der Waals surface area contributed by atoms with Crippen LogP contribution in [0.2, 0.25) is 0 Å². The molecule has 1 aromatic carbocycles. The van der Waals surface area contributed by atoms with E-state index in [0.29, 0.717) is 43.0 Å². The monoisotopic (exact) mass is 395 g/mol. The predicted octanol–water partition coefficient (Wildman–Crippen LogP) is 2.38. The van der Waals surface area contributed by atoms with E-state index in [0.717, 1.165) is 25.7 Å². The molecule has 2 fully saturated rings. The number of carbonyl (C=O) groups is 2. The average molecular weight is 395 g/mol. The summed E-state index contributed by atoms with van der Waals surface area (Å²) in [6.45, 7) is 3.60. The average Bonchev–Trinajstić information content (AvgIpc) is 3.15. The highest BCUT2D eigenvalue weighted by molar-refractivity contribution is 7.80. The quantitative estimate of drug-likeness (QED) is 0.763. The number of ether oxygens (including phenoxy) is 1. The van der Waals surface area contributed by atoms with E-state index in [-0.39, 0.29) is 18.1 Å². The summed E-state index contributed by atoms with van der Waals surface area (Å²) in [4.78, 5) is 28.3. The second-order valence-corrected chi connectivity index (χ2v) is 7.65. The Kier molecular flexibility index (Phi) is 6.33. The lowest BCUT2D eigenvalue weighted by molar-refractivity contribution is 0.0422. The zero-order valence-electron chi connectivity index (χ0n) is 15.3. The summed E-state index contributed by atoms with van der Waals surface area (Å²) in [7, 11) is 0. The second kappa shape index (κ2) is 8.71. The van der Waals surface area contributed by atoms with Crippen LogP contribution in [0.1, 0.15) is 41.6 Å². The molecule has 0 bridgehead atoms. The van der Waals surface area contributed by atoms with Crippen LogP contribution in [0, 0.1) is 6.92 Å². The first-order chi connectivity index (χ1) is 12.9. The molecule has 2 N–H and O–H groups in total. The minimum Gasteiger partial charge on any atom is -0.446 e. The topological polar surface area (TPSA) is 99.2 Å². The first-order valence-electron chi connectivity index (χ1n) is 9.17. The van der Waals surface area contributed by atoms with E-state index in [2.05, 4.69) is 4.72 Å². The molecule has 0 aromatic heterocycles. The molecule has 1 aliphatic carbocycles. The summed E-state index contributed by atoms with van der Waals surface area (Å²) in [5.41, 5.74) is 1.73. The van der Waals surface area contributed by atoms with Crippen molar-refractivity contribution in [3.63, 3.8) is 0 Å². The standard InChI is InChI=1S/C18H25N3O5S/c1-13-12-14(6-7-16(13)19-27(24)25)17(22)20-8-10-21(11-9-20)18(23)26-15-4-2-3-5-15/h6-7,12,15,19H,2-5,8-11H2,1H3,(H,24,25). The number of nitrogens with zero attached hydrogens (tertiary/aromatic N) is 2. The molecule has 3 rings (SSSR count). The fraction of sp³-hybridized carbons (Fsp3) is 0.556. The Morgan fingerprint density at radius 3 is 2.37 bits per heavy atom. The number of hydrogen-bond acceptors (Lipinski definition) is 4. The highest BCUT2D eigenvalue weighted by Crippen LogP contribution is 2.22. The largest absolute Gasteiger partial charge is 0.446 e. The number of nitrogens with one attached hydrogen (secondary N) is 1. The molecule has 1 heterocycles. The van der Waals surface area contributed by atoms with Crippen molar-refractivity contribution in [2.75, 3.05) is 30.9 Å². The molecule has 2 aliphatic rings. The van der Waals surface area contributed by atoms with E-state index in [1.165, 1.54) is 0 Å². The summed E-state index contributed by atoms with van der Waals surface area (Å²) in [6, 6.07) is 4.94. The van der Waals surface area contributed by atoms with Crippen molar-refractivity contribution >= 4 is 29.0 Å². The van der Waals surface area contributed by atoms with Gasteiger partial charge in [-0.05, 0) is 56.4 Å². The first kappa shape index (κ1) is 19.6. The molecule has 1 unspecified atom stereocenters. The van der Waals surface area contributed by atoms with E-state index in [9.17, 15) is 13.8 Å². The van der Waals surface area contributed by atoms with Gasteiger partial charge in [-0.25, -0.2) is 9.00 Å². The maximum Gasteiger partial charge on any atom is 0.410 e. The van der Waals surface area contributed by atoms with Gasteiger partial charge in [0.1, 0.15) is 6.10 Å². The third-order valence-corrected chi connectivity index (χ3v) is 5.46. The van der Waals surface area contributed by atoms with Gasteiger partial charge in [-0.3, -0.25) is 14.1 Å². The number of rotatable bonds is 4. The van der Waals surface area contributed by atoms with Crippen molar-refractivity contribution in [3.8, 4) is 0 Å². The molecule has 1 saturated carbocycles. The third kappa shape index (κ3) is 4.98. The maximum absolute atomic E-state index is 12.7. The Labute approximate surface area is 161 Å². The number of aryl methyl sites for hydroxylation is 1. The van der Waals surface area contributed by atoms with Crippen molar-refractivity contribution in [1.29, 1.82) is 0 Å². The molecule has 1 atom stereocenters. The van der Waals surface area contributed by atoms with Crippen LogP contribution in [0.5, 0.6) is 0 Å². The summed E-state index contributed by atoms with van der Waals surface area (Å²) in [5, 5.41) is 0. The van der Waals surface area contributed by atoms with Crippen molar-refractivity contribution in [1.82, 2.24) is 9.80 Å². The van der Waals surface area contributed by atoms with E-state index < -0.39 is 11.3 Å².